The second-order valence-electron chi connectivity index (χ2n) is 6.08. The molecule has 0 spiro atoms. The standard InChI is InChI=1S/C22H19NO3.ClH/c24-22(17-11-12-19-20(15-17)26-14-13-25-19)21(16-7-3-1-4-8-16)23-18-9-5-2-6-10-18;/h1-12,15,21,23H,13-14H2;1H/p-1. The van der Waals surface area contributed by atoms with Crippen molar-refractivity contribution in [2.24, 2.45) is 0 Å². The van der Waals surface area contributed by atoms with Crippen LogP contribution >= 0.6 is 0 Å². The number of fused-ring (bicyclic) bond motifs is 1. The van der Waals surface area contributed by atoms with Crippen molar-refractivity contribution in [3.63, 3.8) is 0 Å². The summed E-state index contributed by atoms with van der Waals surface area (Å²) < 4.78 is 11.2. The van der Waals surface area contributed by atoms with E-state index in [0.717, 1.165) is 11.3 Å². The summed E-state index contributed by atoms with van der Waals surface area (Å²) in [4.78, 5) is 13.3. The van der Waals surface area contributed by atoms with Crippen LogP contribution in [0, 0.1) is 0 Å². The molecule has 3 aromatic carbocycles. The number of hydrogen-bond acceptors (Lipinski definition) is 4. The number of ether oxygens (including phenoxy) is 2. The smallest absolute Gasteiger partial charge is 0.189 e. The van der Waals surface area contributed by atoms with Crippen molar-refractivity contribution in [1.29, 1.82) is 0 Å². The average molecular weight is 381 g/mol. The number of carbonyl (C=O) groups excluding carboxylic acids is 1. The first kappa shape index (κ1) is 18.8. The zero-order chi connectivity index (χ0) is 17.8. The van der Waals surface area contributed by atoms with Crippen LogP contribution in [0.25, 0.3) is 0 Å². The van der Waals surface area contributed by atoms with Gasteiger partial charge < -0.3 is 27.2 Å². The van der Waals surface area contributed by atoms with E-state index in [2.05, 4.69) is 5.32 Å². The lowest BCUT2D eigenvalue weighted by molar-refractivity contribution is -0.0000134. The van der Waals surface area contributed by atoms with Gasteiger partial charge in [0.25, 0.3) is 0 Å². The molecule has 4 rings (SSSR count). The Morgan fingerprint density at radius 1 is 0.815 bits per heavy atom. The van der Waals surface area contributed by atoms with E-state index in [1.807, 2.05) is 60.7 Å². The zero-order valence-corrected chi connectivity index (χ0v) is 15.4. The van der Waals surface area contributed by atoms with Crippen LogP contribution in [0.1, 0.15) is 22.0 Å². The quantitative estimate of drug-likeness (QED) is 0.681. The predicted octanol–water partition coefficient (Wildman–Crippen LogP) is 1.50. The van der Waals surface area contributed by atoms with Crippen LogP contribution in [0.4, 0.5) is 5.69 Å². The van der Waals surface area contributed by atoms with E-state index < -0.39 is 6.04 Å². The molecule has 0 saturated heterocycles. The van der Waals surface area contributed by atoms with Crippen molar-refractivity contribution in [2.75, 3.05) is 18.5 Å². The number of rotatable bonds is 5. The highest BCUT2D eigenvalue weighted by Gasteiger charge is 2.24. The lowest BCUT2D eigenvalue weighted by atomic mass is 9.96. The summed E-state index contributed by atoms with van der Waals surface area (Å²) in [7, 11) is 0. The molecule has 0 aliphatic carbocycles. The molecule has 0 fully saturated rings. The Bertz CT molecular complexity index is 900. The van der Waals surface area contributed by atoms with E-state index in [1.165, 1.54) is 0 Å². The fraction of sp³-hybridized carbons (Fsp3) is 0.136. The zero-order valence-electron chi connectivity index (χ0n) is 14.6. The lowest BCUT2D eigenvalue weighted by Gasteiger charge is -2.22. The van der Waals surface area contributed by atoms with E-state index in [9.17, 15) is 4.79 Å². The molecule has 0 amide bonds. The van der Waals surface area contributed by atoms with Crippen molar-refractivity contribution >= 4 is 11.5 Å². The summed E-state index contributed by atoms with van der Waals surface area (Å²) in [6.45, 7) is 1.03. The van der Waals surface area contributed by atoms with Crippen LogP contribution in [0.3, 0.4) is 0 Å². The van der Waals surface area contributed by atoms with Crippen molar-refractivity contribution in [3.8, 4) is 11.5 Å². The minimum Gasteiger partial charge on any atom is -1.00 e. The molecular formula is C22H19ClNO3-. The van der Waals surface area contributed by atoms with Gasteiger partial charge in [0.15, 0.2) is 17.3 Å². The van der Waals surface area contributed by atoms with Gasteiger partial charge in [-0.2, -0.15) is 0 Å². The molecule has 0 aromatic heterocycles. The number of hydrogen-bond donors (Lipinski definition) is 1. The summed E-state index contributed by atoms with van der Waals surface area (Å²) in [5.74, 6) is 1.28. The maximum Gasteiger partial charge on any atom is 0.189 e. The first-order valence-electron chi connectivity index (χ1n) is 8.62. The van der Waals surface area contributed by atoms with Crippen LogP contribution < -0.4 is 27.2 Å². The van der Waals surface area contributed by atoms with Gasteiger partial charge in [-0.15, -0.1) is 0 Å². The van der Waals surface area contributed by atoms with Crippen LogP contribution in [0.2, 0.25) is 0 Å². The van der Waals surface area contributed by atoms with Crippen LogP contribution in [0.15, 0.2) is 78.9 Å². The topological polar surface area (TPSA) is 47.6 Å². The normalized spacial score (nSPS) is 13.2. The lowest BCUT2D eigenvalue weighted by Crippen LogP contribution is -3.00. The van der Waals surface area contributed by atoms with Gasteiger partial charge in [0.1, 0.15) is 19.3 Å². The molecule has 138 valence electrons. The van der Waals surface area contributed by atoms with Crippen LogP contribution in [-0.4, -0.2) is 19.0 Å². The molecule has 1 N–H and O–H groups in total. The van der Waals surface area contributed by atoms with Gasteiger partial charge in [-0.1, -0.05) is 48.5 Å². The van der Waals surface area contributed by atoms with E-state index in [-0.39, 0.29) is 18.2 Å². The molecule has 1 unspecified atom stereocenters. The van der Waals surface area contributed by atoms with Gasteiger partial charge in [-0.05, 0) is 35.9 Å². The van der Waals surface area contributed by atoms with Gasteiger partial charge in [0, 0.05) is 11.3 Å². The molecule has 3 aromatic rings. The number of ketones is 1. The van der Waals surface area contributed by atoms with E-state index in [0.29, 0.717) is 30.3 Å². The Hall–Kier alpha value is -2.98. The number of Topliss-reactive ketones (excluding diaryl/α,β-unsaturated/α-hetero) is 1. The molecule has 0 bridgehead atoms. The fourth-order valence-corrected chi connectivity index (χ4v) is 3.01. The van der Waals surface area contributed by atoms with Crippen molar-refractivity contribution in [1.82, 2.24) is 0 Å². The maximum atomic E-state index is 13.3. The van der Waals surface area contributed by atoms with Crippen molar-refractivity contribution in [3.05, 3.63) is 90.0 Å². The van der Waals surface area contributed by atoms with Crippen LogP contribution in [-0.2, 0) is 0 Å². The monoisotopic (exact) mass is 380 g/mol. The summed E-state index contributed by atoms with van der Waals surface area (Å²) in [5, 5.41) is 3.35. The first-order valence-corrected chi connectivity index (χ1v) is 8.62. The number of para-hydroxylation sites is 1. The molecule has 4 nitrogen and oxygen atoms in total. The summed E-state index contributed by atoms with van der Waals surface area (Å²) in [5.41, 5.74) is 2.40. The van der Waals surface area contributed by atoms with Crippen molar-refractivity contribution < 1.29 is 26.7 Å². The molecule has 0 radical (unpaired) electrons. The highest BCUT2D eigenvalue weighted by molar-refractivity contribution is 6.02. The van der Waals surface area contributed by atoms with Gasteiger partial charge in [-0.25, -0.2) is 0 Å². The number of halogens is 1. The molecule has 1 heterocycles. The molecule has 1 aliphatic rings. The Morgan fingerprint density at radius 2 is 1.44 bits per heavy atom. The Labute approximate surface area is 164 Å². The van der Waals surface area contributed by atoms with Gasteiger partial charge >= 0.3 is 0 Å². The third kappa shape index (κ3) is 4.23. The number of nitrogens with one attached hydrogen (secondary N) is 1. The molecule has 1 atom stereocenters. The van der Waals surface area contributed by atoms with E-state index in [1.54, 1.807) is 18.2 Å². The number of anilines is 1. The third-order valence-corrected chi connectivity index (χ3v) is 4.31. The molecule has 1 aliphatic heterocycles. The highest BCUT2D eigenvalue weighted by Crippen LogP contribution is 2.33. The largest absolute Gasteiger partial charge is 1.00 e. The molecule has 0 saturated carbocycles. The Morgan fingerprint density at radius 3 is 2.15 bits per heavy atom. The minimum atomic E-state index is -0.485. The summed E-state index contributed by atoms with van der Waals surface area (Å²) >= 11 is 0. The first-order chi connectivity index (χ1) is 12.8. The second-order valence-corrected chi connectivity index (χ2v) is 6.08. The van der Waals surface area contributed by atoms with E-state index in [4.69, 9.17) is 9.47 Å². The Kier molecular flexibility index (Phi) is 5.99. The van der Waals surface area contributed by atoms with Crippen LogP contribution in [0.5, 0.6) is 11.5 Å². The number of benzene rings is 3. The minimum absolute atomic E-state index is 0. The SMILES string of the molecule is O=C(c1ccc2c(c1)OCCO2)C(Nc1ccccc1)c1ccccc1.[Cl-]. The predicted molar refractivity (Wildman–Crippen MR) is 101 cm³/mol. The highest BCUT2D eigenvalue weighted by atomic mass is 35.5. The average Bonchev–Trinajstić information content (AvgIpc) is 2.72. The molecule has 5 heteroatoms. The maximum absolute atomic E-state index is 13.3. The summed E-state index contributed by atoms with van der Waals surface area (Å²) in [6, 6.07) is 24.3. The third-order valence-electron chi connectivity index (χ3n) is 4.31. The van der Waals surface area contributed by atoms with E-state index >= 15 is 0 Å². The van der Waals surface area contributed by atoms with Gasteiger partial charge in [0.05, 0.1) is 0 Å². The Balaban J connectivity index is 0.00000210. The van der Waals surface area contributed by atoms with Gasteiger partial charge in [-0.3, -0.25) is 4.79 Å². The fourth-order valence-electron chi connectivity index (χ4n) is 3.01. The van der Waals surface area contributed by atoms with Crippen molar-refractivity contribution in [2.45, 2.75) is 6.04 Å². The summed E-state index contributed by atoms with van der Waals surface area (Å²) in [6.07, 6.45) is 0. The molecular weight excluding hydrogens is 362 g/mol. The number of carbonyl (C=O) groups is 1. The molecule has 27 heavy (non-hydrogen) atoms. The second kappa shape index (κ2) is 8.60. The van der Waals surface area contributed by atoms with Gasteiger partial charge in [0.2, 0.25) is 0 Å².